The Labute approximate surface area is 165 Å². The minimum absolute atomic E-state index is 0.0523. The number of hydrogen-bond donors (Lipinski definition) is 2. The van der Waals surface area contributed by atoms with Gasteiger partial charge in [-0.1, -0.05) is 67.4 Å². The van der Waals surface area contributed by atoms with E-state index in [1.54, 1.807) is 36.4 Å². The highest BCUT2D eigenvalue weighted by molar-refractivity contribution is 6.08. The number of benzene rings is 2. The molecule has 146 valence electrons. The van der Waals surface area contributed by atoms with E-state index in [9.17, 15) is 14.4 Å². The second-order valence-electron chi connectivity index (χ2n) is 7.47. The van der Waals surface area contributed by atoms with Crippen molar-refractivity contribution in [2.24, 2.45) is 11.7 Å². The van der Waals surface area contributed by atoms with Crippen molar-refractivity contribution in [1.29, 1.82) is 0 Å². The number of nitrogens with one attached hydrogen (secondary N) is 1. The molecule has 5 heteroatoms. The maximum Gasteiger partial charge on any atom is 0.240 e. The van der Waals surface area contributed by atoms with E-state index in [-0.39, 0.29) is 11.7 Å². The first-order valence-electron chi connectivity index (χ1n) is 9.80. The van der Waals surface area contributed by atoms with E-state index in [1.165, 1.54) is 12.8 Å². The van der Waals surface area contributed by atoms with E-state index in [2.05, 4.69) is 5.32 Å². The number of primary amides is 1. The summed E-state index contributed by atoms with van der Waals surface area (Å²) in [4.78, 5) is 36.5. The van der Waals surface area contributed by atoms with Gasteiger partial charge in [0.15, 0.2) is 5.78 Å². The molecule has 5 nitrogen and oxygen atoms in total. The van der Waals surface area contributed by atoms with Crippen LogP contribution in [0.2, 0.25) is 0 Å². The molecule has 0 aliphatic heterocycles. The fourth-order valence-corrected chi connectivity index (χ4v) is 3.74. The molecule has 1 aliphatic rings. The summed E-state index contributed by atoms with van der Waals surface area (Å²) in [6, 6.07) is 15.4. The summed E-state index contributed by atoms with van der Waals surface area (Å²) in [5.41, 5.74) is 7.54. The van der Waals surface area contributed by atoms with Crippen LogP contribution in [0, 0.1) is 5.92 Å². The summed E-state index contributed by atoms with van der Waals surface area (Å²) in [5.74, 6) is -0.309. The van der Waals surface area contributed by atoms with Crippen molar-refractivity contribution >= 4 is 17.6 Å². The summed E-state index contributed by atoms with van der Waals surface area (Å²) in [5, 5.41) is 2.77. The second-order valence-corrected chi connectivity index (χ2v) is 7.47. The molecule has 0 spiro atoms. The van der Waals surface area contributed by atoms with Crippen molar-refractivity contribution in [3.8, 4) is 0 Å². The van der Waals surface area contributed by atoms with Crippen LogP contribution in [-0.2, 0) is 16.0 Å². The number of hydrogen-bond acceptors (Lipinski definition) is 3. The third-order valence-electron chi connectivity index (χ3n) is 5.32. The fourth-order valence-electron chi connectivity index (χ4n) is 3.74. The summed E-state index contributed by atoms with van der Waals surface area (Å²) in [6.45, 7) is 0. The first-order chi connectivity index (χ1) is 13.5. The van der Waals surface area contributed by atoms with Crippen LogP contribution in [-0.4, -0.2) is 23.6 Å². The van der Waals surface area contributed by atoms with Crippen LogP contribution < -0.4 is 11.1 Å². The maximum absolute atomic E-state index is 12.5. The fraction of sp³-hybridized carbons (Fsp3) is 0.348. The molecule has 28 heavy (non-hydrogen) atoms. The van der Waals surface area contributed by atoms with E-state index in [4.69, 9.17) is 5.73 Å². The predicted molar refractivity (Wildman–Crippen MR) is 108 cm³/mol. The topological polar surface area (TPSA) is 89.3 Å². The monoisotopic (exact) mass is 378 g/mol. The molecule has 1 aliphatic carbocycles. The molecule has 3 N–H and O–H groups in total. The number of amides is 2. The van der Waals surface area contributed by atoms with E-state index in [1.807, 2.05) is 18.2 Å². The normalized spacial score (nSPS) is 15.1. The molecular formula is C23H26N2O3. The lowest BCUT2D eigenvalue weighted by Gasteiger charge is -2.17. The number of nitrogens with two attached hydrogens (primary N) is 1. The van der Waals surface area contributed by atoms with Gasteiger partial charge in [-0.2, -0.15) is 0 Å². The third-order valence-corrected chi connectivity index (χ3v) is 5.32. The average molecular weight is 378 g/mol. The van der Waals surface area contributed by atoms with Gasteiger partial charge in [-0.05, 0) is 24.3 Å². The van der Waals surface area contributed by atoms with Crippen LogP contribution in [0.3, 0.4) is 0 Å². The van der Waals surface area contributed by atoms with Crippen LogP contribution in [0.4, 0.5) is 0 Å². The van der Waals surface area contributed by atoms with Gasteiger partial charge in [-0.3, -0.25) is 14.4 Å². The Hall–Kier alpha value is -2.95. The molecule has 2 aromatic rings. The lowest BCUT2D eigenvalue weighted by molar-refractivity contribution is -0.127. The van der Waals surface area contributed by atoms with Crippen LogP contribution in [0.1, 0.15) is 53.6 Å². The highest BCUT2D eigenvalue weighted by Gasteiger charge is 2.23. The Bertz CT molecular complexity index is 825. The molecule has 1 fully saturated rings. The Morgan fingerprint density at radius 3 is 2.14 bits per heavy atom. The van der Waals surface area contributed by atoms with Crippen LogP contribution in [0.5, 0.6) is 0 Å². The minimum atomic E-state index is -0.746. The summed E-state index contributed by atoms with van der Waals surface area (Å²) in [6.07, 6.45) is 5.26. The summed E-state index contributed by atoms with van der Waals surface area (Å²) in [7, 11) is 0. The standard InChI is InChI=1S/C23H26N2O3/c24-23(28)20(25-21(26)15-16-6-4-5-7-16)14-17-10-12-19(13-11-17)22(27)18-8-2-1-3-9-18/h1-3,8-13,16,20H,4-7,14-15H2,(H2,24,28)(H,25,26)/t20-/m0/s1. The largest absolute Gasteiger partial charge is 0.368 e. The zero-order valence-electron chi connectivity index (χ0n) is 15.9. The molecule has 2 amide bonds. The Balaban J connectivity index is 1.61. The zero-order valence-corrected chi connectivity index (χ0v) is 15.9. The Kier molecular flexibility index (Phi) is 6.58. The number of rotatable bonds is 8. The van der Waals surface area contributed by atoms with Crippen molar-refractivity contribution in [2.45, 2.75) is 44.6 Å². The van der Waals surface area contributed by atoms with Gasteiger partial charge in [0.1, 0.15) is 6.04 Å². The van der Waals surface area contributed by atoms with Crippen LogP contribution >= 0.6 is 0 Å². The smallest absolute Gasteiger partial charge is 0.240 e. The van der Waals surface area contributed by atoms with Gasteiger partial charge in [0, 0.05) is 24.0 Å². The first-order valence-corrected chi connectivity index (χ1v) is 9.80. The molecular weight excluding hydrogens is 352 g/mol. The molecule has 0 bridgehead atoms. The lowest BCUT2D eigenvalue weighted by atomic mass is 9.99. The van der Waals surface area contributed by atoms with Crippen molar-refractivity contribution < 1.29 is 14.4 Å². The zero-order chi connectivity index (χ0) is 19.9. The molecule has 0 radical (unpaired) electrons. The van der Waals surface area contributed by atoms with Gasteiger partial charge in [0.25, 0.3) is 0 Å². The molecule has 1 atom stereocenters. The first kappa shape index (κ1) is 19.8. The van der Waals surface area contributed by atoms with Gasteiger partial charge in [0.2, 0.25) is 11.8 Å². The molecule has 3 rings (SSSR count). The minimum Gasteiger partial charge on any atom is -0.368 e. The van der Waals surface area contributed by atoms with E-state index in [0.29, 0.717) is 29.9 Å². The molecule has 0 saturated heterocycles. The van der Waals surface area contributed by atoms with Gasteiger partial charge in [-0.15, -0.1) is 0 Å². The van der Waals surface area contributed by atoms with Crippen molar-refractivity contribution in [2.75, 3.05) is 0 Å². The van der Waals surface area contributed by atoms with Crippen LogP contribution in [0.25, 0.3) is 0 Å². The van der Waals surface area contributed by atoms with Gasteiger partial charge >= 0.3 is 0 Å². The van der Waals surface area contributed by atoms with Crippen LogP contribution in [0.15, 0.2) is 54.6 Å². The maximum atomic E-state index is 12.5. The summed E-state index contributed by atoms with van der Waals surface area (Å²) < 4.78 is 0. The van der Waals surface area contributed by atoms with E-state index < -0.39 is 11.9 Å². The molecule has 0 unspecified atom stereocenters. The van der Waals surface area contributed by atoms with Gasteiger partial charge < -0.3 is 11.1 Å². The molecule has 2 aromatic carbocycles. The molecule has 0 heterocycles. The average Bonchev–Trinajstić information content (AvgIpc) is 3.21. The highest BCUT2D eigenvalue weighted by Crippen LogP contribution is 2.27. The van der Waals surface area contributed by atoms with Gasteiger partial charge in [0.05, 0.1) is 0 Å². The molecule has 1 saturated carbocycles. The molecule has 0 aromatic heterocycles. The number of carbonyl (C=O) groups is 3. The van der Waals surface area contributed by atoms with Crippen molar-refractivity contribution in [3.63, 3.8) is 0 Å². The van der Waals surface area contributed by atoms with Gasteiger partial charge in [-0.25, -0.2) is 0 Å². The Morgan fingerprint density at radius 1 is 0.929 bits per heavy atom. The Morgan fingerprint density at radius 2 is 1.54 bits per heavy atom. The van der Waals surface area contributed by atoms with Crippen molar-refractivity contribution in [3.05, 3.63) is 71.3 Å². The van der Waals surface area contributed by atoms with E-state index >= 15 is 0 Å². The SMILES string of the molecule is NC(=O)[C@H](Cc1ccc(C(=O)c2ccccc2)cc1)NC(=O)CC1CCCC1. The summed E-state index contributed by atoms with van der Waals surface area (Å²) >= 11 is 0. The highest BCUT2D eigenvalue weighted by atomic mass is 16.2. The number of carbonyl (C=O) groups excluding carboxylic acids is 3. The van der Waals surface area contributed by atoms with E-state index in [0.717, 1.165) is 18.4 Å². The van der Waals surface area contributed by atoms with Crippen molar-refractivity contribution in [1.82, 2.24) is 5.32 Å². The lowest BCUT2D eigenvalue weighted by Crippen LogP contribution is -2.46. The predicted octanol–water partition coefficient (Wildman–Crippen LogP) is 3.01. The number of ketones is 1. The quantitative estimate of drug-likeness (QED) is 0.692. The third kappa shape index (κ3) is 5.28. The second kappa shape index (κ2) is 9.31.